The zero-order chi connectivity index (χ0) is 12.5. The fraction of sp³-hybridized carbons (Fsp3) is 0.143. The van der Waals surface area contributed by atoms with Crippen LogP contribution in [-0.4, -0.2) is 13.4 Å². The summed E-state index contributed by atoms with van der Waals surface area (Å²) in [4.78, 5) is 1.66. The summed E-state index contributed by atoms with van der Waals surface area (Å²) < 4.78 is 59.9. The summed E-state index contributed by atoms with van der Waals surface area (Å²) in [6.07, 6.45) is -2.85. The van der Waals surface area contributed by atoms with E-state index in [4.69, 9.17) is 5.26 Å². The Kier molecular flexibility index (Phi) is 3.16. The summed E-state index contributed by atoms with van der Waals surface area (Å²) in [5, 5.41) is 12.9. The van der Waals surface area contributed by atoms with Crippen LogP contribution in [0.4, 0.5) is 13.2 Å². The van der Waals surface area contributed by atoms with Crippen LogP contribution < -0.4 is 5.14 Å². The standard InChI is InChI=1S/C7H4F3N3O2S/c8-5-4(1-11)13-2-3(7(9)10)6(5)16(12,14)15/h2,7H,(H2,12,14,15). The van der Waals surface area contributed by atoms with Crippen LogP contribution in [0.3, 0.4) is 0 Å². The van der Waals surface area contributed by atoms with Crippen molar-refractivity contribution in [2.24, 2.45) is 5.14 Å². The number of halogens is 3. The van der Waals surface area contributed by atoms with Gasteiger partial charge in [-0.2, -0.15) is 5.26 Å². The summed E-state index contributed by atoms with van der Waals surface area (Å²) in [7, 11) is -4.69. The number of hydrogen-bond donors (Lipinski definition) is 1. The first-order chi connectivity index (χ1) is 7.29. The van der Waals surface area contributed by atoms with Gasteiger partial charge >= 0.3 is 0 Å². The molecule has 2 N–H and O–H groups in total. The Labute approximate surface area is 88.4 Å². The van der Waals surface area contributed by atoms with Crippen molar-refractivity contribution in [1.29, 1.82) is 5.26 Å². The number of nitrogens with zero attached hydrogens (tertiary/aromatic N) is 2. The van der Waals surface area contributed by atoms with Gasteiger partial charge < -0.3 is 0 Å². The Morgan fingerprint density at radius 3 is 2.44 bits per heavy atom. The Bertz CT molecular complexity index is 565. The lowest BCUT2D eigenvalue weighted by Gasteiger charge is -2.07. The molecule has 0 fully saturated rings. The Morgan fingerprint density at radius 2 is 2.06 bits per heavy atom. The third kappa shape index (κ3) is 2.12. The second kappa shape index (κ2) is 4.07. The molecular weight excluding hydrogens is 247 g/mol. The first-order valence-corrected chi connectivity index (χ1v) is 5.23. The first-order valence-electron chi connectivity index (χ1n) is 3.68. The largest absolute Gasteiger partial charge is 0.266 e. The lowest BCUT2D eigenvalue weighted by Crippen LogP contribution is -2.18. The van der Waals surface area contributed by atoms with E-state index in [1.54, 1.807) is 0 Å². The molecule has 16 heavy (non-hydrogen) atoms. The van der Waals surface area contributed by atoms with Gasteiger partial charge in [-0.1, -0.05) is 0 Å². The zero-order valence-electron chi connectivity index (χ0n) is 7.49. The molecule has 1 aromatic heterocycles. The summed E-state index contributed by atoms with van der Waals surface area (Å²) in [5.74, 6) is -1.66. The molecule has 0 saturated carbocycles. The molecule has 1 heterocycles. The molecule has 0 bridgehead atoms. The molecule has 86 valence electrons. The molecule has 5 nitrogen and oxygen atoms in total. The van der Waals surface area contributed by atoms with Crippen LogP contribution in [0, 0.1) is 17.1 Å². The van der Waals surface area contributed by atoms with Gasteiger partial charge in [0.05, 0.1) is 5.56 Å². The molecule has 9 heteroatoms. The molecule has 1 aromatic rings. The number of hydrogen-bond acceptors (Lipinski definition) is 4. The number of aromatic nitrogens is 1. The van der Waals surface area contributed by atoms with Crippen LogP contribution in [0.2, 0.25) is 0 Å². The zero-order valence-corrected chi connectivity index (χ0v) is 8.30. The molecule has 0 aromatic carbocycles. The second-order valence-electron chi connectivity index (χ2n) is 2.66. The fourth-order valence-electron chi connectivity index (χ4n) is 1.01. The van der Waals surface area contributed by atoms with Crippen LogP contribution in [0.15, 0.2) is 11.1 Å². The molecule has 0 atom stereocenters. The number of sulfonamides is 1. The normalized spacial score (nSPS) is 11.5. The number of pyridine rings is 1. The molecule has 0 aliphatic heterocycles. The topological polar surface area (TPSA) is 96.8 Å². The number of primary sulfonamides is 1. The smallest absolute Gasteiger partial charge is 0.242 e. The van der Waals surface area contributed by atoms with Crippen LogP contribution in [0.5, 0.6) is 0 Å². The van der Waals surface area contributed by atoms with E-state index < -0.39 is 38.4 Å². The number of nitrogens with two attached hydrogens (primary N) is 1. The summed E-state index contributed by atoms with van der Waals surface area (Å²) >= 11 is 0. The minimum Gasteiger partial charge on any atom is -0.242 e. The van der Waals surface area contributed by atoms with Crippen molar-refractivity contribution >= 4 is 10.0 Å². The predicted octanol–water partition coefficient (Wildman–Crippen LogP) is 0.677. The van der Waals surface area contributed by atoms with Crippen LogP contribution in [-0.2, 0) is 10.0 Å². The fourth-order valence-corrected chi connectivity index (χ4v) is 1.82. The van der Waals surface area contributed by atoms with Crippen molar-refractivity contribution in [3.05, 3.63) is 23.3 Å². The first kappa shape index (κ1) is 12.4. The van der Waals surface area contributed by atoms with E-state index in [-0.39, 0.29) is 0 Å². The Hall–Kier alpha value is -1.66. The number of nitriles is 1. The quantitative estimate of drug-likeness (QED) is 0.835. The van der Waals surface area contributed by atoms with E-state index in [0.29, 0.717) is 6.20 Å². The molecule has 0 aliphatic carbocycles. The SMILES string of the molecule is N#Cc1ncc(C(F)F)c(S(N)(=O)=O)c1F. The highest BCUT2D eigenvalue weighted by molar-refractivity contribution is 7.89. The van der Waals surface area contributed by atoms with Crippen LogP contribution in [0.1, 0.15) is 17.7 Å². The van der Waals surface area contributed by atoms with Crippen LogP contribution >= 0.6 is 0 Å². The van der Waals surface area contributed by atoms with E-state index in [1.807, 2.05) is 0 Å². The maximum Gasteiger partial charge on any atom is 0.266 e. The summed E-state index contributed by atoms with van der Waals surface area (Å²) in [5.41, 5.74) is -2.08. The second-order valence-corrected chi connectivity index (χ2v) is 4.16. The summed E-state index contributed by atoms with van der Waals surface area (Å²) in [6.45, 7) is 0. The van der Waals surface area contributed by atoms with E-state index in [2.05, 4.69) is 10.1 Å². The van der Waals surface area contributed by atoms with Gasteiger partial charge in [-0.05, 0) is 0 Å². The molecule has 0 spiro atoms. The van der Waals surface area contributed by atoms with Gasteiger partial charge in [0, 0.05) is 6.20 Å². The molecule has 0 unspecified atom stereocenters. The molecule has 0 saturated heterocycles. The third-order valence-corrected chi connectivity index (χ3v) is 2.61. The van der Waals surface area contributed by atoms with Crippen molar-refractivity contribution in [1.82, 2.24) is 4.98 Å². The number of rotatable bonds is 2. The van der Waals surface area contributed by atoms with E-state index >= 15 is 0 Å². The minimum absolute atomic E-state index is 0.409. The average molecular weight is 251 g/mol. The van der Waals surface area contributed by atoms with Gasteiger partial charge in [0.25, 0.3) is 6.43 Å². The van der Waals surface area contributed by atoms with Crippen molar-refractivity contribution in [3.8, 4) is 6.07 Å². The van der Waals surface area contributed by atoms with Gasteiger partial charge in [-0.3, -0.25) is 0 Å². The third-order valence-electron chi connectivity index (χ3n) is 1.63. The lowest BCUT2D eigenvalue weighted by atomic mass is 10.2. The molecule has 1 rings (SSSR count). The van der Waals surface area contributed by atoms with Crippen molar-refractivity contribution in [2.75, 3.05) is 0 Å². The van der Waals surface area contributed by atoms with Crippen LogP contribution in [0.25, 0.3) is 0 Å². The van der Waals surface area contributed by atoms with Gasteiger partial charge in [0.15, 0.2) is 11.5 Å². The van der Waals surface area contributed by atoms with Gasteiger partial charge in [-0.15, -0.1) is 0 Å². The predicted molar refractivity (Wildman–Crippen MR) is 45.2 cm³/mol. The van der Waals surface area contributed by atoms with Gasteiger partial charge in [-0.25, -0.2) is 31.7 Å². The highest BCUT2D eigenvalue weighted by Gasteiger charge is 2.27. The highest BCUT2D eigenvalue weighted by atomic mass is 32.2. The van der Waals surface area contributed by atoms with Crippen molar-refractivity contribution in [2.45, 2.75) is 11.3 Å². The summed E-state index contributed by atoms with van der Waals surface area (Å²) in [6, 6.07) is 1.22. The molecule has 0 amide bonds. The average Bonchev–Trinajstić information content (AvgIpc) is 2.14. The van der Waals surface area contributed by atoms with Gasteiger partial charge in [0.1, 0.15) is 11.0 Å². The molecule has 0 radical (unpaired) electrons. The number of alkyl halides is 2. The monoisotopic (exact) mass is 251 g/mol. The maximum absolute atomic E-state index is 13.3. The Morgan fingerprint density at radius 1 is 1.50 bits per heavy atom. The van der Waals surface area contributed by atoms with Gasteiger partial charge in [0.2, 0.25) is 10.0 Å². The van der Waals surface area contributed by atoms with Crippen molar-refractivity contribution < 1.29 is 21.6 Å². The van der Waals surface area contributed by atoms with E-state index in [1.165, 1.54) is 6.07 Å². The Balaban J connectivity index is 3.72. The highest BCUT2D eigenvalue weighted by Crippen LogP contribution is 2.28. The van der Waals surface area contributed by atoms with E-state index in [0.717, 1.165) is 0 Å². The molecular formula is C7H4F3N3O2S. The lowest BCUT2D eigenvalue weighted by molar-refractivity contribution is 0.146. The van der Waals surface area contributed by atoms with Crippen molar-refractivity contribution in [3.63, 3.8) is 0 Å². The van der Waals surface area contributed by atoms with E-state index in [9.17, 15) is 21.6 Å². The maximum atomic E-state index is 13.3. The minimum atomic E-state index is -4.69. The molecule has 0 aliphatic rings.